The number of methoxy groups -OCH3 is 1. The van der Waals surface area contributed by atoms with Gasteiger partial charge in [0.2, 0.25) is 0 Å². The van der Waals surface area contributed by atoms with Gasteiger partial charge in [0.25, 0.3) is 0 Å². The van der Waals surface area contributed by atoms with Crippen molar-refractivity contribution in [3.05, 3.63) is 53.9 Å². The molecule has 140 valence electrons. The molecule has 1 aromatic carbocycles. The number of ketones is 1. The van der Waals surface area contributed by atoms with E-state index in [9.17, 15) is 9.18 Å². The van der Waals surface area contributed by atoms with Gasteiger partial charge in [-0.1, -0.05) is 26.0 Å². The molecule has 2 unspecified atom stereocenters. The molecule has 0 amide bonds. The van der Waals surface area contributed by atoms with Crippen molar-refractivity contribution >= 4 is 5.78 Å². The smallest absolute Gasteiger partial charge is 0.159 e. The van der Waals surface area contributed by atoms with Gasteiger partial charge in [0.15, 0.2) is 5.78 Å². The fraction of sp³-hybridized carbons (Fsp3) is 0.500. The summed E-state index contributed by atoms with van der Waals surface area (Å²) in [5, 5.41) is 0. The van der Waals surface area contributed by atoms with Crippen LogP contribution in [-0.4, -0.2) is 25.1 Å². The summed E-state index contributed by atoms with van der Waals surface area (Å²) in [6.45, 7) is 8.57. The lowest BCUT2D eigenvalue weighted by Gasteiger charge is -2.42. The van der Waals surface area contributed by atoms with Crippen LogP contribution in [0.1, 0.15) is 32.3 Å². The quantitative estimate of drug-likeness (QED) is 0.702. The maximum absolute atomic E-state index is 14.4. The second kappa shape index (κ2) is 7.36. The highest BCUT2D eigenvalue weighted by molar-refractivity contribution is 5.94. The highest BCUT2D eigenvalue weighted by atomic mass is 19.1. The zero-order valence-electron chi connectivity index (χ0n) is 15.8. The molecule has 1 aromatic rings. The molecule has 1 heterocycles. The van der Waals surface area contributed by atoms with E-state index < -0.39 is 5.60 Å². The van der Waals surface area contributed by atoms with Gasteiger partial charge in [-0.2, -0.15) is 0 Å². The Kier molecular flexibility index (Phi) is 5.33. The standard InChI is InChI=1S/C22H27FO3/c1-5-14(2)19-13-22(17(8-9-26-22)11-21(19)24)15(3)10-16-6-7-18(25-4)12-20(16)23/h5-7,11-12,14-15,19H,1,8-10,13H2,2-4H3/t14?,15?,19-,22-/m0/s1. The second-order valence-electron chi connectivity index (χ2n) is 7.53. The maximum atomic E-state index is 14.4. The van der Waals surface area contributed by atoms with Crippen LogP contribution in [0.3, 0.4) is 0 Å². The molecule has 3 rings (SSSR count). The van der Waals surface area contributed by atoms with Crippen molar-refractivity contribution in [1.82, 2.24) is 0 Å². The minimum atomic E-state index is -0.484. The molecule has 0 aromatic heterocycles. The molecule has 0 N–H and O–H groups in total. The highest BCUT2D eigenvalue weighted by Gasteiger charge is 2.50. The minimum Gasteiger partial charge on any atom is -0.497 e. The molecule has 2 aliphatic rings. The third-order valence-corrected chi connectivity index (χ3v) is 6.07. The molecule has 0 radical (unpaired) electrons. The number of ether oxygens (including phenoxy) is 2. The summed E-state index contributed by atoms with van der Waals surface area (Å²) in [5.41, 5.74) is 1.23. The van der Waals surface area contributed by atoms with Gasteiger partial charge in [0.05, 0.1) is 19.3 Å². The van der Waals surface area contributed by atoms with E-state index in [4.69, 9.17) is 9.47 Å². The molecule has 0 bridgehead atoms. The Morgan fingerprint density at radius 1 is 1.46 bits per heavy atom. The molecule has 4 atom stereocenters. The fourth-order valence-corrected chi connectivity index (χ4v) is 4.32. The van der Waals surface area contributed by atoms with E-state index >= 15 is 0 Å². The summed E-state index contributed by atoms with van der Waals surface area (Å²) in [7, 11) is 1.53. The van der Waals surface area contributed by atoms with E-state index in [1.54, 1.807) is 18.2 Å². The lowest BCUT2D eigenvalue weighted by atomic mass is 9.66. The van der Waals surface area contributed by atoms with Crippen molar-refractivity contribution < 1.29 is 18.7 Å². The third-order valence-electron chi connectivity index (χ3n) is 6.07. The highest BCUT2D eigenvalue weighted by Crippen LogP contribution is 2.48. The molecule has 0 saturated carbocycles. The van der Waals surface area contributed by atoms with Crippen molar-refractivity contribution in [2.24, 2.45) is 17.8 Å². The Hall–Kier alpha value is -1.94. The molecule has 1 aliphatic carbocycles. The van der Waals surface area contributed by atoms with E-state index in [1.807, 2.05) is 13.0 Å². The number of carbonyl (C=O) groups is 1. The van der Waals surface area contributed by atoms with Gasteiger partial charge in [-0.15, -0.1) is 6.58 Å². The van der Waals surface area contributed by atoms with Crippen LogP contribution < -0.4 is 4.74 Å². The van der Waals surface area contributed by atoms with Gasteiger partial charge in [-0.05, 0) is 54.4 Å². The lowest BCUT2D eigenvalue weighted by Crippen LogP contribution is -2.46. The Morgan fingerprint density at radius 3 is 2.88 bits per heavy atom. The van der Waals surface area contributed by atoms with Crippen LogP contribution in [0.4, 0.5) is 4.39 Å². The second-order valence-corrected chi connectivity index (χ2v) is 7.53. The number of hydrogen-bond donors (Lipinski definition) is 0. The Balaban J connectivity index is 1.89. The summed E-state index contributed by atoms with van der Waals surface area (Å²) >= 11 is 0. The monoisotopic (exact) mass is 358 g/mol. The summed E-state index contributed by atoms with van der Waals surface area (Å²) in [6, 6.07) is 4.97. The molecule has 4 heteroatoms. The van der Waals surface area contributed by atoms with Crippen LogP contribution in [-0.2, 0) is 16.0 Å². The number of fused-ring (bicyclic) bond motifs is 1. The van der Waals surface area contributed by atoms with Crippen molar-refractivity contribution in [1.29, 1.82) is 0 Å². The summed E-state index contributed by atoms with van der Waals surface area (Å²) in [5.74, 6) is 0.434. The molecule has 26 heavy (non-hydrogen) atoms. The van der Waals surface area contributed by atoms with E-state index in [2.05, 4.69) is 13.5 Å². The molecular weight excluding hydrogens is 331 g/mol. The Bertz CT molecular complexity index is 739. The SMILES string of the molecule is C=CC(C)[C@@H]1C[C@@]2(C(C)Cc3ccc(OC)cc3F)OCCC2=CC1=O. The van der Waals surface area contributed by atoms with Crippen LogP contribution in [0.2, 0.25) is 0 Å². The lowest BCUT2D eigenvalue weighted by molar-refractivity contribution is -0.124. The number of hydrogen-bond acceptors (Lipinski definition) is 3. The fourth-order valence-electron chi connectivity index (χ4n) is 4.32. The maximum Gasteiger partial charge on any atom is 0.159 e. The Morgan fingerprint density at radius 2 is 2.23 bits per heavy atom. The molecule has 1 saturated heterocycles. The van der Waals surface area contributed by atoms with Crippen LogP contribution in [0, 0.1) is 23.6 Å². The number of allylic oxidation sites excluding steroid dienone is 2. The zero-order chi connectivity index (χ0) is 18.9. The van der Waals surface area contributed by atoms with Crippen molar-refractivity contribution in [2.75, 3.05) is 13.7 Å². The molecule has 1 fully saturated rings. The molecule has 3 nitrogen and oxygen atoms in total. The zero-order valence-corrected chi connectivity index (χ0v) is 15.8. The van der Waals surface area contributed by atoms with Crippen molar-refractivity contribution in [3.8, 4) is 5.75 Å². The summed E-state index contributed by atoms with van der Waals surface area (Å²) in [6.07, 6.45) is 5.58. The number of benzene rings is 1. The summed E-state index contributed by atoms with van der Waals surface area (Å²) in [4.78, 5) is 12.5. The number of carbonyl (C=O) groups excluding carboxylic acids is 1. The van der Waals surface area contributed by atoms with E-state index in [0.29, 0.717) is 30.8 Å². The van der Waals surface area contributed by atoms with Crippen LogP contribution >= 0.6 is 0 Å². The predicted octanol–water partition coefficient (Wildman–Crippen LogP) is 4.51. The number of halogens is 1. The van der Waals surface area contributed by atoms with Gasteiger partial charge in [-0.3, -0.25) is 4.79 Å². The largest absolute Gasteiger partial charge is 0.497 e. The first-order valence-electron chi connectivity index (χ1n) is 9.25. The summed E-state index contributed by atoms with van der Waals surface area (Å²) < 4.78 is 25.7. The minimum absolute atomic E-state index is 0.0618. The molecule has 0 spiro atoms. The Labute approximate surface area is 154 Å². The van der Waals surface area contributed by atoms with Crippen molar-refractivity contribution in [2.45, 2.75) is 38.7 Å². The first kappa shape index (κ1) is 18.8. The van der Waals surface area contributed by atoms with Gasteiger partial charge >= 0.3 is 0 Å². The number of rotatable bonds is 6. The van der Waals surface area contributed by atoms with Gasteiger partial charge < -0.3 is 9.47 Å². The van der Waals surface area contributed by atoms with E-state index in [0.717, 1.165) is 12.0 Å². The average molecular weight is 358 g/mol. The van der Waals surface area contributed by atoms with Gasteiger partial charge in [0.1, 0.15) is 11.6 Å². The predicted molar refractivity (Wildman–Crippen MR) is 99.7 cm³/mol. The van der Waals surface area contributed by atoms with E-state index in [-0.39, 0.29) is 29.4 Å². The van der Waals surface area contributed by atoms with Gasteiger partial charge in [-0.25, -0.2) is 4.39 Å². The molecule has 1 aliphatic heterocycles. The van der Waals surface area contributed by atoms with Crippen LogP contribution in [0.15, 0.2) is 42.5 Å². The van der Waals surface area contributed by atoms with Crippen molar-refractivity contribution in [3.63, 3.8) is 0 Å². The average Bonchev–Trinajstić information content (AvgIpc) is 3.05. The topological polar surface area (TPSA) is 35.5 Å². The van der Waals surface area contributed by atoms with Crippen LogP contribution in [0.25, 0.3) is 0 Å². The van der Waals surface area contributed by atoms with Crippen LogP contribution in [0.5, 0.6) is 5.75 Å². The van der Waals surface area contributed by atoms with Gasteiger partial charge in [0, 0.05) is 12.0 Å². The molecular formula is C22H27FO3. The first-order chi connectivity index (χ1) is 12.4. The third kappa shape index (κ3) is 3.23. The first-order valence-corrected chi connectivity index (χ1v) is 9.25. The van der Waals surface area contributed by atoms with E-state index in [1.165, 1.54) is 13.2 Å². The normalized spacial score (nSPS) is 27.5.